The standard InChI is InChI=1S/C7H8O3S/c1-5(8)10-7(11)6-3-2-4-9-6/h2-4,7,11H,1H3. The quantitative estimate of drug-likeness (QED) is 0.420. The Kier molecular flexibility index (Phi) is 2.59. The minimum atomic E-state index is -0.595. The van der Waals surface area contributed by atoms with E-state index in [1.807, 2.05) is 0 Å². The van der Waals surface area contributed by atoms with E-state index in [2.05, 4.69) is 12.6 Å². The van der Waals surface area contributed by atoms with Gasteiger partial charge in [-0.05, 0) is 12.1 Å². The molecule has 0 amide bonds. The number of carbonyl (C=O) groups is 1. The highest BCUT2D eigenvalue weighted by atomic mass is 32.1. The number of thiol groups is 1. The molecule has 0 saturated heterocycles. The lowest BCUT2D eigenvalue weighted by Crippen LogP contribution is -2.01. The third-order valence-corrected chi connectivity index (χ3v) is 1.42. The van der Waals surface area contributed by atoms with Gasteiger partial charge in [0, 0.05) is 6.92 Å². The molecule has 60 valence electrons. The first kappa shape index (κ1) is 8.20. The van der Waals surface area contributed by atoms with Crippen LogP contribution in [0.25, 0.3) is 0 Å². The summed E-state index contributed by atoms with van der Waals surface area (Å²) in [6, 6.07) is 3.41. The van der Waals surface area contributed by atoms with E-state index in [9.17, 15) is 4.79 Å². The van der Waals surface area contributed by atoms with Gasteiger partial charge in [-0.3, -0.25) is 4.79 Å². The Bertz CT molecular complexity index is 230. The molecule has 11 heavy (non-hydrogen) atoms. The molecule has 4 heteroatoms. The van der Waals surface area contributed by atoms with Crippen molar-refractivity contribution in [1.29, 1.82) is 0 Å². The first-order chi connectivity index (χ1) is 5.20. The lowest BCUT2D eigenvalue weighted by molar-refractivity contribution is -0.143. The summed E-state index contributed by atoms with van der Waals surface area (Å²) in [6.07, 6.45) is 1.50. The highest BCUT2D eigenvalue weighted by molar-refractivity contribution is 7.80. The number of ether oxygens (including phenoxy) is 1. The summed E-state index contributed by atoms with van der Waals surface area (Å²) in [7, 11) is 0. The van der Waals surface area contributed by atoms with Crippen LogP contribution in [0.5, 0.6) is 0 Å². The highest BCUT2D eigenvalue weighted by Gasteiger charge is 2.10. The maximum absolute atomic E-state index is 10.4. The highest BCUT2D eigenvalue weighted by Crippen LogP contribution is 2.21. The molecule has 1 atom stereocenters. The Morgan fingerprint density at radius 1 is 1.82 bits per heavy atom. The maximum Gasteiger partial charge on any atom is 0.304 e. The Morgan fingerprint density at radius 2 is 2.55 bits per heavy atom. The smallest absolute Gasteiger partial charge is 0.304 e. The average Bonchev–Trinajstić information content (AvgIpc) is 2.35. The molecule has 0 spiro atoms. The summed E-state index contributed by atoms with van der Waals surface area (Å²) in [4.78, 5) is 10.4. The molecular weight excluding hydrogens is 164 g/mol. The van der Waals surface area contributed by atoms with Gasteiger partial charge in [-0.1, -0.05) is 0 Å². The number of hydrogen-bond donors (Lipinski definition) is 1. The zero-order chi connectivity index (χ0) is 8.27. The van der Waals surface area contributed by atoms with Crippen LogP contribution in [-0.2, 0) is 9.53 Å². The number of furan rings is 1. The van der Waals surface area contributed by atoms with E-state index in [4.69, 9.17) is 9.15 Å². The Balaban J connectivity index is 2.56. The van der Waals surface area contributed by atoms with Crippen LogP contribution in [-0.4, -0.2) is 5.97 Å². The molecule has 0 radical (unpaired) electrons. The van der Waals surface area contributed by atoms with E-state index in [1.165, 1.54) is 13.2 Å². The molecule has 0 aromatic carbocycles. The first-order valence-electron chi connectivity index (χ1n) is 3.09. The van der Waals surface area contributed by atoms with Gasteiger partial charge in [-0.2, -0.15) is 0 Å². The third-order valence-electron chi connectivity index (χ3n) is 1.06. The van der Waals surface area contributed by atoms with Crippen LogP contribution < -0.4 is 0 Å². The Hall–Kier alpha value is -0.900. The molecule has 0 fully saturated rings. The summed E-state index contributed by atoms with van der Waals surface area (Å²) >= 11 is 3.99. The van der Waals surface area contributed by atoms with Crippen LogP contribution in [0.4, 0.5) is 0 Å². The SMILES string of the molecule is CC(=O)OC(S)c1ccco1. The van der Waals surface area contributed by atoms with E-state index in [0.29, 0.717) is 5.76 Å². The van der Waals surface area contributed by atoms with Crippen LogP contribution in [0.3, 0.4) is 0 Å². The number of esters is 1. The normalized spacial score (nSPS) is 12.5. The summed E-state index contributed by atoms with van der Waals surface area (Å²) in [5, 5.41) is 0. The van der Waals surface area contributed by atoms with Gasteiger partial charge < -0.3 is 9.15 Å². The summed E-state index contributed by atoms with van der Waals surface area (Å²) < 4.78 is 9.67. The van der Waals surface area contributed by atoms with Crippen molar-refractivity contribution in [1.82, 2.24) is 0 Å². The van der Waals surface area contributed by atoms with Crippen molar-refractivity contribution in [2.45, 2.75) is 12.4 Å². The minimum absolute atomic E-state index is 0.374. The van der Waals surface area contributed by atoms with Crippen molar-refractivity contribution in [2.24, 2.45) is 0 Å². The second-order valence-corrected chi connectivity index (χ2v) is 2.45. The largest absolute Gasteiger partial charge is 0.464 e. The van der Waals surface area contributed by atoms with Gasteiger partial charge in [-0.15, -0.1) is 12.6 Å². The molecule has 0 aliphatic rings. The van der Waals surface area contributed by atoms with Crippen molar-refractivity contribution >= 4 is 18.6 Å². The van der Waals surface area contributed by atoms with Gasteiger partial charge in [-0.25, -0.2) is 0 Å². The predicted octanol–water partition coefficient (Wildman–Crippen LogP) is 1.77. The Morgan fingerprint density at radius 3 is 3.00 bits per heavy atom. The summed E-state index contributed by atoms with van der Waals surface area (Å²) in [6.45, 7) is 1.33. The van der Waals surface area contributed by atoms with Gasteiger partial charge in [0.15, 0.2) is 5.76 Å². The molecule has 1 aromatic heterocycles. The van der Waals surface area contributed by atoms with E-state index in [1.54, 1.807) is 12.1 Å². The molecule has 1 rings (SSSR count). The molecule has 0 aliphatic heterocycles. The van der Waals surface area contributed by atoms with Gasteiger partial charge in [0.2, 0.25) is 5.44 Å². The van der Waals surface area contributed by atoms with Gasteiger partial charge in [0.1, 0.15) is 0 Å². The van der Waals surface area contributed by atoms with E-state index in [-0.39, 0.29) is 5.97 Å². The molecule has 1 aromatic rings. The lowest BCUT2D eigenvalue weighted by Gasteiger charge is -2.06. The summed E-state index contributed by atoms with van der Waals surface area (Å²) in [5.74, 6) is 0.157. The molecule has 1 unspecified atom stereocenters. The first-order valence-corrected chi connectivity index (χ1v) is 3.60. The minimum Gasteiger partial charge on any atom is -0.464 e. The van der Waals surface area contributed by atoms with Gasteiger partial charge in [0.25, 0.3) is 0 Å². The van der Waals surface area contributed by atoms with Crippen LogP contribution in [0.2, 0.25) is 0 Å². The maximum atomic E-state index is 10.4. The number of rotatable bonds is 2. The molecule has 1 heterocycles. The fraction of sp³-hybridized carbons (Fsp3) is 0.286. The molecule has 0 N–H and O–H groups in total. The topological polar surface area (TPSA) is 39.4 Å². The van der Waals surface area contributed by atoms with E-state index < -0.39 is 5.44 Å². The van der Waals surface area contributed by atoms with Crippen LogP contribution in [0.1, 0.15) is 18.1 Å². The van der Waals surface area contributed by atoms with Gasteiger partial charge in [0.05, 0.1) is 6.26 Å². The number of carbonyl (C=O) groups excluding carboxylic acids is 1. The molecule has 3 nitrogen and oxygen atoms in total. The van der Waals surface area contributed by atoms with Crippen molar-refractivity contribution in [3.05, 3.63) is 24.2 Å². The predicted molar refractivity (Wildman–Crippen MR) is 42.2 cm³/mol. The Labute approximate surface area is 69.8 Å². The van der Waals surface area contributed by atoms with E-state index >= 15 is 0 Å². The van der Waals surface area contributed by atoms with Crippen molar-refractivity contribution in [3.8, 4) is 0 Å². The fourth-order valence-electron chi connectivity index (χ4n) is 0.647. The molecular formula is C7H8O3S. The summed E-state index contributed by atoms with van der Waals surface area (Å²) in [5.41, 5.74) is -0.595. The van der Waals surface area contributed by atoms with Crippen molar-refractivity contribution in [3.63, 3.8) is 0 Å². The number of hydrogen-bond acceptors (Lipinski definition) is 4. The molecule has 0 aliphatic carbocycles. The van der Waals surface area contributed by atoms with Crippen LogP contribution >= 0.6 is 12.6 Å². The molecule has 0 bridgehead atoms. The zero-order valence-electron chi connectivity index (χ0n) is 5.98. The van der Waals surface area contributed by atoms with Crippen LogP contribution in [0, 0.1) is 0 Å². The third kappa shape index (κ3) is 2.31. The zero-order valence-corrected chi connectivity index (χ0v) is 6.88. The van der Waals surface area contributed by atoms with Crippen LogP contribution in [0.15, 0.2) is 22.8 Å². The van der Waals surface area contributed by atoms with Gasteiger partial charge >= 0.3 is 5.97 Å². The average molecular weight is 172 g/mol. The lowest BCUT2D eigenvalue weighted by atomic mass is 10.5. The monoisotopic (exact) mass is 172 g/mol. The van der Waals surface area contributed by atoms with E-state index in [0.717, 1.165) is 0 Å². The second-order valence-electron chi connectivity index (χ2n) is 1.98. The van der Waals surface area contributed by atoms with Crippen molar-refractivity contribution < 1.29 is 13.9 Å². The fourth-order valence-corrected chi connectivity index (χ4v) is 0.942. The second kappa shape index (κ2) is 3.48. The van der Waals surface area contributed by atoms with Crippen molar-refractivity contribution in [2.75, 3.05) is 0 Å². The molecule has 0 saturated carbocycles.